The Morgan fingerprint density at radius 1 is 1.27 bits per heavy atom. The Morgan fingerprint density at radius 3 is 2.54 bits per heavy atom. The summed E-state index contributed by atoms with van der Waals surface area (Å²) in [4.78, 5) is 28.3. The summed E-state index contributed by atoms with van der Waals surface area (Å²) in [5.41, 5.74) is 2.85. The number of ketones is 1. The van der Waals surface area contributed by atoms with Crippen LogP contribution in [0.5, 0.6) is 0 Å². The molecule has 0 unspecified atom stereocenters. The minimum atomic E-state index is -0.987. The summed E-state index contributed by atoms with van der Waals surface area (Å²) in [6, 6.07) is 9.78. The van der Waals surface area contributed by atoms with Gasteiger partial charge in [0.2, 0.25) is 0 Å². The maximum absolute atomic E-state index is 12.2. The van der Waals surface area contributed by atoms with Gasteiger partial charge in [-0.15, -0.1) is 11.3 Å². The van der Waals surface area contributed by atoms with E-state index in [-0.39, 0.29) is 6.42 Å². The van der Waals surface area contributed by atoms with Crippen molar-refractivity contribution in [1.29, 1.82) is 5.26 Å². The van der Waals surface area contributed by atoms with Crippen molar-refractivity contribution in [1.82, 2.24) is 4.98 Å². The van der Waals surface area contributed by atoms with Gasteiger partial charge in [0.05, 0.1) is 12.5 Å². The molecule has 136 valence electrons. The molecule has 1 atom stereocenters. The number of hydrogen-bond donors (Lipinski definition) is 0. The largest absolute Gasteiger partial charge is 0.457 e. The van der Waals surface area contributed by atoms with Crippen LogP contribution in [0.2, 0.25) is 0 Å². The van der Waals surface area contributed by atoms with E-state index in [2.05, 4.69) is 11.9 Å². The van der Waals surface area contributed by atoms with Crippen molar-refractivity contribution in [3.8, 4) is 6.07 Å². The molecule has 2 aromatic rings. The standard InChI is InChI=1S/C20H22N2O3S/c1-3-4-5-15-6-8-16(9-7-15)10-19(24)25-12-18(23)17(11-21)20-22-14(2)13-26-20/h6-9,13,17H,3-5,10,12H2,1-2H3/t17-/m0/s1. The number of nitrogens with zero attached hydrogens (tertiary/aromatic N) is 2. The number of carbonyl (C=O) groups excluding carboxylic acids is 2. The molecule has 0 spiro atoms. The molecule has 0 aliphatic heterocycles. The minimum absolute atomic E-state index is 0.106. The first-order valence-electron chi connectivity index (χ1n) is 8.61. The maximum atomic E-state index is 12.2. The normalized spacial score (nSPS) is 11.6. The SMILES string of the molecule is CCCCc1ccc(CC(=O)OCC(=O)[C@H](C#N)c2nc(C)cs2)cc1. The molecule has 6 heteroatoms. The molecule has 1 heterocycles. The van der Waals surface area contributed by atoms with E-state index < -0.39 is 24.3 Å². The second kappa shape index (κ2) is 9.83. The highest BCUT2D eigenvalue weighted by molar-refractivity contribution is 7.09. The highest BCUT2D eigenvalue weighted by Gasteiger charge is 2.24. The number of Topliss-reactive ketones (excluding diaryl/α,β-unsaturated/α-hetero) is 1. The first-order chi connectivity index (χ1) is 12.5. The van der Waals surface area contributed by atoms with Gasteiger partial charge in [-0.3, -0.25) is 9.59 Å². The molecule has 0 radical (unpaired) electrons. The van der Waals surface area contributed by atoms with Gasteiger partial charge in [-0.05, 0) is 30.9 Å². The summed E-state index contributed by atoms with van der Waals surface area (Å²) in [7, 11) is 0. The smallest absolute Gasteiger partial charge is 0.310 e. The van der Waals surface area contributed by atoms with Gasteiger partial charge in [0.25, 0.3) is 0 Å². The van der Waals surface area contributed by atoms with E-state index in [9.17, 15) is 14.9 Å². The van der Waals surface area contributed by atoms with Gasteiger partial charge in [0.1, 0.15) is 5.01 Å². The molecule has 26 heavy (non-hydrogen) atoms. The van der Waals surface area contributed by atoms with Gasteiger partial charge in [-0.2, -0.15) is 5.26 Å². The molecule has 0 aliphatic rings. The number of carbonyl (C=O) groups is 2. The second-order valence-electron chi connectivity index (χ2n) is 6.11. The molecule has 0 fully saturated rings. The van der Waals surface area contributed by atoms with E-state index in [0.717, 1.165) is 30.5 Å². The average Bonchev–Trinajstić information content (AvgIpc) is 3.06. The number of esters is 1. The van der Waals surface area contributed by atoms with Gasteiger partial charge in [-0.25, -0.2) is 4.98 Å². The van der Waals surface area contributed by atoms with Crippen molar-refractivity contribution < 1.29 is 14.3 Å². The van der Waals surface area contributed by atoms with Crippen LogP contribution in [-0.4, -0.2) is 23.3 Å². The van der Waals surface area contributed by atoms with Gasteiger partial charge >= 0.3 is 5.97 Å². The topological polar surface area (TPSA) is 80.0 Å². The van der Waals surface area contributed by atoms with E-state index in [1.165, 1.54) is 16.9 Å². The Kier molecular flexibility index (Phi) is 7.49. The molecule has 0 N–H and O–H groups in total. The molecule has 0 bridgehead atoms. The van der Waals surface area contributed by atoms with Crippen molar-refractivity contribution in [2.45, 2.75) is 45.4 Å². The highest BCUT2D eigenvalue weighted by atomic mass is 32.1. The Hall–Kier alpha value is -2.52. The molecule has 1 aromatic carbocycles. The van der Waals surface area contributed by atoms with Crippen LogP contribution in [0.4, 0.5) is 0 Å². The number of ether oxygens (including phenoxy) is 1. The third kappa shape index (κ3) is 5.78. The van der Waals surface area contributed by atoms with Crippen LogP contribution in [0.25, 0.3) is 0 Å². The Morgan fingerprint density at radius 2 is 1.96 bits per heavy atom. The summed E-state index contributed by atoms with van der Waals surface area (Å²) >= 11 is 1.26. The molecule has 2 rings (SSSR count). The molecule has 0 saturated carbocycles. The fraction of sp³-hybridized carbons (Fsp3) is 0.400. The fourth-order valence-electron chi connectivity index (χ4n) is 2.43. The number of nitriles is 1. The lowest BCUT2D eigenvalue weighted by Gasteiger charge is -2.07. The van der Waals surface area contributed by atoms with Gasteiger partial charge in [0, 0.05) is 11.1 Å². The van der Waals surface area contributed by atoms with Gasteiger partial charge in [0.15, 0.2) is 18.3 Å². The van der Waals surface area contributed by atoms with E-state index in [4.69, 9.17) is 4.74 Å². The first-order valence-corrected chi connectivity index (χ1v) is 9.49. The lowest BCUT2D eigenvalue weighted by atomic mass is 10.0. The van der Waals surface area contributed by atoms with Crippen LogP contribution in [0.1, 0.15) is 47.5 Å². The van der Waals surface area contributed by atoms with E-state index >= 15 is 0 Å². The Balaban J connectivity index is 1.84. The number of benzene rings is 1. The summed E-state index contributed by atoms with van der Waals surface area (Å²) in [5, 5.41) is 11.4. The summed E-state index contributed by atoms with van der Waals surface area (Å²) in [6.45, 7) is 3.54. The first kappa shape index (κ1) is 19.8. The zero-order valence-electron chi connectivity index (χ0n) is 15.0. The number of aromatic nitrogens is 1. The van der Waals surface area contributed by atoms with Crippen LogP contribution in [0, 0.1) is 18.3 Å². The van der Waals surface area contributed by atoms with E-state index in [0.29, 0.717) is 5.01 Å². The number of unbranched alkanes of at least 4 members (excludes halogenated alkanes) is 1. The Labute approximate surface area is 157 Å². The van der Waals surface area contributed by atoms with E-state index in [1.807, 2.05) is 30.3 Å². The van der Waals surface area contributed by atoms with Crippen molar-refractivity contribution >= 4 is 23.1 Å². The van der Waals surface area contributed by atoms with Gasteiger partial charge < -0.3 is 4.74 Å². The third-order valence-electron chi connectivity index (χ3n) is 3.90. The molecule has 0 saturated heterocycles. The van der Waals surface area contributed by atoms with Crippen molar-refractivity contribution in [2.75, 3.05) is 6.61 Å². The second-order valence-corrected chi connectivity index (χ2v) is 7.00. The number of hydrogen-bond acceptors (Lipinski definition) is 6. The fourth-order valence-corrected chi connectivity index (χ4v) is 3.29. The van der Waals surface area contributed by atoms with Crippen LogP contribution < -0.4 is 0 Å². The molecular formula is C20H22N2O3S. The number of rotatable bonds is 9. The summed E-state index contributed by atoms with van der Waals surface area (Å²) in [5.74, 6) is -1.92. The number of aryl methyl sites for hydroxylation is 2. The Bertz CT molecular complexity index is 790. The summed E-state index contributed by atoms with van der Waals surface area (Å²) in [6.07, 6.45) is 3.42. The quantitative estimate of drug-likeness (QED) is 0.628. The predicted octanol–water partition coefficient (Wildman–Crippen LogP) is 3.76. The molecule has 0 amide bonds. The predicted molar refractivity (Wildman–Crippen MR) is 99.9 cm³/mol. The highest BCUT2D eigenvalue weighted by Crippen LogP contribution is 2.20. The van der Waals surface area contributed by atoms with Crippen LogP contribution in [0.15, 0.2) is 29.6 Å². The van der Waals surface area contributed by atoms with Crippen molar-refractivity contribution in [3.63, 3.8) is 0 Å². The van der Waals surface area contributed by atoms with Crippen molar-refractivity contribution in [3.05, 3.63) is 51.5 Å². The molecule has 0 aliphatic carbocycles. The zero-order chi connectivity index (χ0) is 18.9. The lowest BCUT2D eigenvalue weighted by molar-refractivity contribution is -0.147. The van der Waals surface area contributed by atoms with Gasteiger partial charge in [-0.1, -0.05) is 37.6 Å². The monoisotopic (exact) mass is 370 g/mol. The lowest BCUT2D eigenvalue weighted by Crippen LogP contribution is -2.20. The summed E-state index contributed by atoms with van der Waals surface area (Å²) < 4.78 is 5.05. The minimum Gasteiger partial charge on any atom is -0.457 e. The van der Waals surface area contributed by atoms with Crippen LogP contribution >= 0.6 is 11.3 Å². The van der Waals surface area contributed by atoms with Crippen LogP contribution in [0.3, 0.4) is 0 Å². The molecular weight excluding hydrogens is 348 g/mol. The van der Waals surface area contributed by atoms with Crippen LogP contribution in [-0.2, 0) is 27.2 Å². The molecule has 1 aromatic heterocycles. The molecule has 5 nitrogen and oxygen atoms in total. The number of thiazole rings is 1. The van der Waals surface area contributed by atoms with Crippen molar-refractivity contribution in [2.24, 2.45) is 0 Å². The zero-order valence-corrected chi connectivity index (χ0v) is 15.8. The third-order valence-corrected chi connectivity index (χ3v) is 4.93. The van der Waals surface area contributed by atoms with E-state index in [1.54, 1.807) is 12.3 Å². The maximum Gasteiger partial charge on any atom is 0.310 e. The average molecular weight is 370 g/mol.